The summed E-state index contributed by atoms with van der Waals surface area (Å²) in [5.74, 6) is 1.59. The minimum absolute atomic E-state index is 0.0213. The quantitative estimate of drug-likeness (QED) is 0.402. The van der Waals surface area contributed by atoms with E-state index in [1.807, 2.05) is 30.3 Å². The number of alkyl halides is 3. The molecule has 12 heteroatoms. The largest absolute Gasteiger partial charge is 0.508 e. The zero-order chi connectivity index (χ0) is 31.4. The van der Waals surface area contributed by atoms with Gasteiger partial charge in [-0.15, -0.1) is 6.42 Å². The van der Waals surface area contributed by atoms with Crippen LogP contribution in [0.4, 0.5) is 18.0 Å². The first kappa shape index (κ1) is 30.4. The van der Waals surface area contributed by atoms with Crippen LogP contribution >= 0.6 is 0 Å². The van der Waals surface area contributed by atoms with Crippen molar-refractivity contribution >= 4 is 17.8 Å². The molecule has 3 aromatic rings. The van der Waals surface area contributed by atoms with Crippen molar-refractivity contribution in [1.29, 1.82) is 0 Å². The fraction of sp³-hybridized carbons (Fsp3) is 0.281. The Morgan fingerprint density at radius 1 is 0.977 bits per heavy atom. The van der Waals surface area contributed by atoms with Crippen LogP contribution in [0, 0.1) is 12.3 Å². The standard InChI is InChI=1S/C32H30F3N5O4/c1-2-15-38-21-29(42)39-27(17-22-11-13-26(41)14-12-22)30(43)37(19-24-9-6-10-25(16-24)32(33,34)35)20-28(39)40(38)31(44)36-18-23-7-4-3-5-8-23/h1,3-14,16,27-28,41H,15,17-21H2,(H,36,44)/t27-,28-/m0/s1. The Balaban J connectivity index is 1.50. The van der Waals surface area contributed by atoms with E-state index in [4.69, 9.17) is 6.42 Å². The molecular formula is C32H30F3N5O4. The van der Waals surface area contributed by atoms with Gasteiger partial charge in [0.05, 0.1) is 25.2 Å². The molecule has 4 amide bonds. The third-order valence-electron chi connectivity index (χ3n) is 7.59. The van der Waals surface area contributed by atoms with Crippen molar-refractivity contribution < 1.29 is 32.7 Å². The third-order valence-corrected chi connectivity index (χ3v) is 7.59. The minimum atomic E-state index is -4.57. The Hall–Kier alpha value is -5.02. The van der Waals surface area contributed by atoms with Crippen molar-refractivity contribution in [3.8, 4) is 18.1 Å². The average Bonchev–Trinajstić information content (AvgIpc) is 2.99. The molecular weight excluding hydrogens is 575 g/mol. The van der Waals surface area contributed by atoms with Crippen molar-refractivity contribution in [3.05, 3.63) is 101 Å². The van der Waals surface area contributed by atoms with E-state index in [9.17, 15) is 32.7 Å². The summed E-state index contributed by atoms with van der Waals surface area (Å²) in [6, 6.07) is 18.4. The number of hydrazine groups is 1. The molecule has 2 fully saturated rings. The summed E-state index contributed by atoms with van der Waals surface area (Å²) in [4.78, 5) is 44.0. The predicted octanol–water partition coefficient (Wildman–Crippen LogP) is 3.59. The number of terminal acetylenes is 1. The summed E-state index contributed by atoms with van der Waals surface area (Å²) in [5, 5.41) is 15.4. The number of phenolic OH excluding ortho intramolecular Hbond substituents is 1. The van der Waals surface area contributed by atoms with Crippen LogP contribution in [0.2, 0.25) is 0 Å². The number of hydrogen-bond donors (Lipinski definition) is 2. The molecule has 2 N–H and O–H groups in total. The van der Waals surface area contributed by atoms with Gasteiger partial charge in [0.15, 0.2) is 0 Å². The molecule has 0 spiro atoms. The van der Waals surface area contributed by atoms with Crippen LogP contribution in [0.3, 0.4) is 0 Å². The molecule has 3 aromatic carbocycles. The second-order valence-electron chi connectivity index (χ2n) is 10.6. The van der Waals surface area contributed by atoms with Crippen molar-refractivity contribution in [2.45, 2.75) is 37.9 Å². The summed E-state index contributed by atoms with van der Waals surface area (Å²) < 4.78 is 40.4. The second-order valence-corrected chi connectivity index (χ2v) is 10.6. The molecule has 0 aromatic heterocycles. The zero-order valence-electron chi connectivity index (χ0n) is 23.6. The topological polar surface area (TPSA) is 96.4 Å². The molecule has 5 rings (SSSR count). The van der Waals surface area contributed by atoms with Gasteiger partial charge in [0.25, 0.3) is 0 Å². The number of rotatable bonds is 7. The SMILES string of the molecule is C#CCN1CC(=O)N2[C@@H](Cc3ccc(O)cc3)C(=O)N(Cc3cccc(C(F)(F)F)c3)C[C@@H]2N1C(=O)NCc1ccccc1. The van der Waals surface area contributed by atoms with Gasteiger partial charge in [-0.05, 0) is 41.0 Å². The predicted molar refractivity (Wildman–Crippen MR) is 154 cm³/mol. The number of carbonyl (C=O) groups is 3. The number of amides is 4. The highest BCUT2D eigenvalue weighted by Crippen LogP contribution is 2.32. The molecule has 2 aliphatic rings. The van der Waals surface area contributed by atoms with Gasteiger partial charge in [-0.25, -0.2) is 9.80 Å². The molecule has 2 saturated heterocycles. The summed E-state index contributed by atoms with van der Waals surface area (Å²) >= 11 is 0. The maximum Gasteiger partial charge on any atom is 0.416 e. The smallest absolute Gasteiger partial charge is 0.416 e. The van der Waals surface area contributed by atoms with Gasteiger partial charge in [-0.2, -0.15) is 18.2 Å². The summed E-state index contributed by atoms with van der Waals surface area (Å²) in [5.41, 5.74) is 0.869. The van der Waals surface area contributed by atoms with E-state index in [1.54, 1.807) is 12.1 Å². The highest BCUT2D eigenvalue weighted by atomic mass is 19.4. The molecule has 0 radical (unpaired) electrons. The third kappa shape index (κ3) is 6.63. The number of aromatic hydroxyl groups is 1. The van der Waals surface area contributed by atoms with Crippen molar-refractivity contribution in [2.75, 3.05) is 19.6 Å². The Labute approximate surface area is 252 Å². The zero-order valence-corrected chi connectivity index (χ0v) is 23.6. The van der Waals surface area contributed by atoms with Crippen LogP contribution in [-0.2, 0) is 35.3 Å². The number of benzene rings is 3. The number of nitrogens with one attached hydrogen (secondary N) is 1. The van der Waals surface area contributed by atoms with E-state index in [-0.39, 0.29) is 50.5 Å². The van der Waals surface area contributed by atoms with E-state index in [2.05, 4.69) is 11.2 Å². The molecule has 9 nitrogen and oxygen atoms in total. The lowest BCUT2D eigenvalue weighted by Crippen LogP contribution is -2.76. The number of nitrogens with zero attached hydrogens (tertiary/aromatic N) is 4. The van der Waals surface area contributed by atoms with Crippen molar-refractivity contribution in [2.24, 2.45) is 0 Å². The summed E-state index contributed by atoms with van der Waals surface area (Å²) in [6.07, 6.45) is 0.0769. The number of fused-ring (bicyclic) bond motifs is 1. The first-order valence-corrected chi connectivity index (χ1v) is 13.9. The summed E-state index contributed by atoms with van der Waals surface area (Å²) in [7, 11) is 0. The Morgan fingerprint density at radius 3 is 2.36 bits per heavy atom. The Morgan fingerprint density at radius 2 is 1.68 bits per heavy atom. The lowest BCUT2D eigenvalue weighted by molar-refractivity contribution is -0.189. The normalized spacial score (nSPS) is 19.0. The van der Waals surface area contributed by atoms with Crippen LogP contribution in [0.1, 0.15) is 22.3 Å². The van der Waals surface area contributed by atoms with E-state index < -0.39 is 41.8 Å². The average molecular weight is 606 g/mol. The van der Waals surface area contributed by atoms with Gasteiger partial charge in [0, 0.05) is 19.5 Å². The number of carbonyl (C=O) groups excluding carboxylic acids is 3. The molecule has 0 unspecified atom stereocenters. The first-order valence-electron chi connectivity index (χ1n) is 13.9. The van der Waals surface area contributed by atoms with Crippen LogP contribution in [0.15, 0.2) is 78.9 Å². The number of piperazine rings is 1. The first-order chi connectivity index (χ1) is 21.0. The molecule has 2 atom stereocenters. The monoisotopic (exact) mass is 605 g/mol. The van der Waals surface area contributed by atoms with E-state index in [0.29, 0.717) is 5.56 Å². The molecule has 44 heavy (non-hydrogen) atoms. The molecule has 2 aliphatic heterocycles. The van der Waals surface area contributed by atoms with Gasteiger partial charge >= 0.3 is 12.2 Å². The van der Waals surface area contributed by atoms with E-state index >= 15 is 0 Å². The van der Waals surface area contributed by atoms with Gasteiger partial charge in [0.1, 0.15) is 18.0 Å². The number of halogens is 3. The van der Waals surface area contributed by atoms with Crippen LogP contribution in [-0.4, -0.2) is 74.6 Å². The van der Waals surface area contributed by atoms with Crippen LogP contribution in [0.25, 0.3) is 0 Å². The highest BCUT2D eigenvalue weighted by Gasteiger charge is 2.51. The molecule has 0 saturated carbocycles. The number of hydrogen-bond acceptors (Lipinski definition) is 5. The lowest BCUT2D eigenvalue weighted by Gasteiger charge is -2.55. The summed E-state index contributed by atoms with van der Waals surface area (Å²) in [6.45, 7) is -0.481. The lowest BCUT2D eigenvalue weighted by atomic mass is 9.98. The highest BCUT2D eigenvalue weighted by molar-refractivity contribution is 5.91. The molecule has 0 aliphatic carbocycles. The van der Waals surface area contributed by atoms with Gasteiger partial charge in [0.2, 0.25) is 11.8 Å². The van der Waals surface area contributed by atoms with Crippen LogP contribution < -0.4 is 5.32 Å². The Kier molecular flexibility index (Phi) is 8.78. The van der Waals surface area contributed by atoms with E-state index in [1.165, 1.54) is 44.1 Å². The van der Waals surface area contributed by atoms with Gasteiger partial charge in [-0.3, -0.25) is 9.59 Å². The van der Waals surface area contributed by atoms with Crippen LogP contribution in [0.5, 0.6) is 5.75 Å². The van der Waals surface area contributed by atoms with Crippen molar-refractivity contribution in [1.82, 2.24) is 25.1 Å². The molecule has 2 heterocycles. The maximum atomic E-state index is 14.0. The second kappa shape index (κ2) is 12.7. The fourth-order valence-corrected chi connectivity index (χ4v) is 5.56. The van der Waals surface area contributed by atoms with Crippen molar-refractivity contribution in [3.63, 3.8) is 0 Å². The Bertz CT molecular complexity index is 1560. The molecule has 228 valence electrons. The van der Waals surface area contributed by atoms with E-state index in [0.717, 1.165) is 17.7 Å². The maximum absolute atomic E-state index is 14.0. The molecule has 0 bridgehead atoms. The fourth-order valence-electron chi connectivity index (χ4n) is 5.56. The van der Waals surface area contributed by atoms with Gasteiger partial charge in [-0.1, -0.05) is 60.5 Å². The number of phenols is 1. The van der Waals surface area contributed by atoms with Gasteiger partial charge < -0.3 is 20.2 Å². The number of urea groups is 1. The minimum Gasteiger partial charge on any atom is -0.508 e.